The summed E-state index contributed by atoms with van der Waals surface area (Å²) in [6.45, 7) is 4.93. The van der Waals surface area contributed by atoms with E-state index in [4.69, 9.17) is 5.73 Å². The summed E-state index contributed by atoms with van der Waals surface area (Å²) < 4.78 is 0. The number of carbonyl (C=O) groups excluding carboxylic acids is 1. The lowest BCUT2D eigenvalue weighted by Gasteiger charge is -2.23. The van der Waals surface area contributed by atoms with E-state index in [1.807, 2.05) is 14.0 Å². The van der Waals surface area contributed by atoms with E-state index in [-0.39, 0.29) is 11.9 Å². The molecule has 88 valence electrons. The Labute approximate surface area is 97.2 Å². The third kappa shape index (κ3) is 4.03. The quantitative estimate of drug-likeness (QED) is 0.820. The van der Waals surface area contributed by atoms with Gasteiger partial charge in [-0.1, -0.05) is 29.8 Å². The van der Waals surface area contributed by atoms with Crippen LogP contribution >= 0.6 is 0 Å². The van der Waals surface area contributed by atoms with Crippen molar-refractivity contribution in [2.45, 2.75) is 32.9 Å². The molecule has 3 nitrogen and oxygen atoms in total. The van der Waals surface area contributed by atoms with Crippen molar-refractivity contribution < 1.29 is 4.79 Å². The van der Waals surface area contributed by atoms with Gasteiger partial charge in [-0.25, -0.2) is 0 Å². The fourth-order valence-corrected chi connectivity index (χ4v) is 1.58. The summed E-state index contributed by atoms with van der Waals surface area (Å²) in [6, 6.07) is 8.61. The molecule has 0 heterocycles. The smallest absolute Gasteiger partial charge is 0.218 e. The lowest BCUT2D eigenvalue weighted by Crippen LogP contribution is -2.32. The third-order valence-corrected chi connectivity index (χ3v) is 2.80. The first-order valence-electron chi connectivity index (χ1n) is 5.53. The molecule has 1 rings (SSSR count). The fraction of sp³-hybridized carbons (Fsp3) is 0.462. The van der Waals surface area contributed by atoms with Crippen molar-refractivity contribution in [1.29, 1.82) is 0 Å². The number of carbonyl (C=O) groups is 1. The van der Waals surface area contributed by atoms with Gasteiger partial charge in [-0.2, -0.15) is 0 Å². The van der Waals surface area contributed by atoms with Gasteiger partial charge in [-0.3, -0.25) is 9.69 Å². The molecular formula is C13H20N2O. The maximum Gasteiger partial charge on any atom is 0.218 e. The summed E-state index contributed by atoms with van der Waals surface area (Å²) in [7, 11) is 2.01. The summed E-state index contributed by atoms with van der Waals surface area (Å²) in [5.41, 5.74) is 7.69. The van der Waals surface area contributed by atoms with Crippen molar-refractivity contribution in [1.82, 2.24) is 4.90 Å². The number of aryl methyl sites for hydroxylation is 1. The SMILES string of the molecule is Cc1ccc(CN(C)C(C)CC(N)=O)cc1. The first-order valence-corrected chi connectivity index (χ1v) is 5.53. The zero-order chi connectivity index (χ0) is 12.1. The van der Waals surface area contributed by atoms with Crippen LogP contribution in [0.4, 0.5) is 0 Å². The molecule has 1 aromatic carbocycles. The van der Waals surface area contributed by atoms with Crippen LogP contribution in [0, 0.1) is 6.92 Å². The van der Waals surface area contributed by atoms with Crippen LogP contribution in [-0.4, -0.2) is 23.9 Å². The fourth-order valence-electron chi connectivity index (χ4n) is 1.58. The average molecular weight is 220 g/mol. The lowest BCUT2D eigenvalue weighted by molar-refractivity contribution is -0.119. The first kappa shape index (κ1) is 12.7. The molecule has 1 atom stereocenters. The number of nitrogens with two attached hydrogens (primary N) is 1. The summed E-state index contributed by atoms with van der Waals surface area (Å²) >= 11 is 0. The zero-order valence-corrected chi connectivity index (χ0v) is 10.2. The maximum absolute atomic E-state index is 10.8. The number of hydrogen-bond donors (Lipinski definition) is 1. The zero-order valence-electron chi connectivity index (χ0n) is 10.2. The molecule has 3 heteroatoms. The summed E-state index contributed by atoms with van der Waals surface area (Å²) in [4.78, 5) is 12.9. The predicted octanol–water partition coefficient (Wildman–Crippen LogP) is 1.69. The Kier molecular flexibility index (Phi) is 4.50. The van der Waals surface area contributed by atoms with E-state index in [1.165, 1.54) is 11.1 Å². The van der Waals surface area contributed by atoms with Gasteiger partial charge in [-0.05, 0) is 26.5 Å². The van der Waals surface area contributed by atoms with Crippen molar-refractivity contribution in [2.75, 3.05) is 7.05 Å². The van der Waals surface area contributed by atoms with E-state index in [0.717, 1.165) is 6.54 Å². The molecule has 0 aliphatic carbocycles. The summed E-state index contributed by atoms with van der Waals surface area (Å²) in [5.74, 6) is -0.247. The van der Waals surface area contributed by atoms with Crippen LogP contribution in [0.2, 0.25) is 0 Å². The van der Waals surface area contributed by atoms with Gasteiger partial charge in [-0.15, -0.1) is 0 Å². The number of hydrogen-bond acceptors (Lipinski definition) is 2. The maximum atomic E-state index is 10.8. The monoisotopic (exact) mass is 220 g/mol. The Morgan fingerprint density at radius 1 is 1.38 bits per heavy atom. The van der Waals surface area contributed by atoms with E-state index in [0.29, 0.717) is 6.42 Å². The van der Waals surface area contributed by atoms with Crippen LogP contribution in [0.3, 0.4) is 0 Å². The molecule has 0 spiro atoms. The molecule has 0 aliphatic rings. The van der Waals surface area contributed by atoms with Crippen molar-refractivity contribution in [3.63, 3.8) is 0 Å². The normalized spacial score (nSPS) is 12.8. The molecule has 1 aromatic rings. The number of benzene rings is 1. The van der Waals surface area contributed by atoms with Crippen molar-refractivity contribution in [3.8, 4) is 0 Å². The molecule has 0 bridgehead atoms. The molecule has 16 heavy (non-hydrogen) atoms. The van der Waals surface area contributed by atoms with Crippen molar-refractivity contribution >= 4 is 5.91 Å². The van der Waals surface area contributed by atoms with Crippen molar-refractivity contribution in [2.24, 2.45) is 5.73 Å². The minimum Gasteiger partial charge on any atom is -0.370 e. The van der Waals surface area contributed by atoms with Gasteiger partial charge >= 0.3 is 0 Å². The highest BCUT2D eigenvalue weighted by atomic mass is 16.1. The van der Waals surface area contributed by atoms with Crippen LogP contribution in [0.1, 0.15) is 24.5 Å². The number of nitrogens with zero attached hydrogens (tertiary/aromatic N) is 1. The highest BCUT2D eigenvalue weighted by Gasteiger charge is 2.11. The molecule has 0 aliphatic heterocycles. The van der Waals surface area contributed by atoms with Crippen molar-refractivity contribution in [3.05, 3.63) is 35.4 Å². The van der Waals surface area contributed by atoms with Gasteiger partial charge in [0.25, 0.3) is 0 Å². The Morgan fingerprint density at radius 3 is 2.44 bits per heavy atom. The predicted molar refractivity (Wildman–Crippen MR) is 65.9 cm³/mol. The minimum atomic E-state index is -0.247. The molecule has 0 fully saturated rings. The molecule has 1 amide bonds. The number of rotatable bonds is 5. The van der Waals surface area contributed by atoms with Gasteiger partial charge in [0.2, 0.25) is 5.91 Å². The van der Waals surface area contributed by atoms with Gasteiger partial charge in [0, 0.05) is 19.0 Å². The second-order valence-electron chi connectivity index (χ2n) is 4.42. The second-order valence-corrected chi connectivity index (χ2v) is 4.42. The Balaban J connectivity index is 2.53. The van der Waals surface area contributed by atoms with E-state index in [2.05, 4.69) is 36.1 Å². The van der Waals surface area contributed by atoms with Gasteiger partial charge in [0.1, 0.15) is 0 Å². The second kappa shape index (κ2) is 5.66. The first-order chi connectivity index (χ1) is 7.49. The molecular weight excluding hydrogens is 200 g/mol. The van der Waals surface area contributed by atoms with Gasteiger partial charge in [0.05, 0.1) is 0 Å². The molecule has 0 radical (unpaired) electrons. The number of amides is 1. The van der Waals surface area contributed by atoms with Crippen LogP contribution < -0.4 is 5.73 Å². The Morgan fingerprint density at radius 2 is 1.94 bits per heavy atom. The van der Waals surface area contributed by atoms with E-state index >= 15 is 0 Å². The largest absolute Gasteiger partial charge is 0.370 e. The van der Waals surface area contributed by atoms with Gasteiger partial charge in [0.15, 0.2) is 0 Å². The summed E-state index contributed by atoms with van der Waals surface area (Å²) in [5, 5.41) is 0. The number of primary amides is 1. The Hall–Kier alpha value is -1.35. The Bertz CT molecular complexity index is 345. The van der Waals surface area contributed by atoms with Gasteiger partial charge < -0.3 is 5.73 Å². The topological polar surface area (TPSA) is 46.3 Å². The van der Waals surface area contributed by atoms with E-state index in [9.17, 15) is 4.79 Å². The molecule has 0 saturated carbocycles. The van der Waals surface area contributed by atoms with E-state index < -0.39 is 0 Å². The van der Waals surface area contributed by atoms with E-state index in [1.54, 1.807) is 0 Å². The van der Waals surface area contributed by atoms with Crippen LogP contribution in [-0.2, 0) is 11.3 Å². The summed E-state index contributed by atoms with van der Waals surface area (Å²) in [6.07, 6.45) is 0.405. The molecule has 2 N–H and O–H groups in total. The lowest BCUT2D eigenvalue weighted by atomic mass is 10.1. The average Bonchev–Trinajstić information content (AvgIpc) is 2.20. The molecule has 1 unspecified atom stereocenters. The minimum absolute atomic E-state index is 0.179. The molecule has 0 aromatic heterocycles. The van der Waals surface area contributed by atoms with Crippen LogP contribution in [0.5, 0.6) is 0 Å². The standard InChI is InChI=1S/C13H20N2O/c1-10-4-6-12(7-5-10)9-15(3)11(2)8-13(14)16/h4-7,11H,8-9H2,1-3H3,(H2,14,16). The van der Waals surface area contributed by atoms with Crippen LogP contribution in [0.15, 0.2) is 24.3 Å². The highest BCUT2D eigenvalue weighted by molar-refractivity contribution is 5.74. The highest BCUT2D eigenvalue weighted by Crippen LogP contribution is 2.09. The third-order valence-electron chi connectivity index (χ3n) is 2.80. The molecule has 0 saturated heterocycles. The van der Waals surface area contributed by atoms with Crippen LogP contribution in [0.25, 0.3) is 0 Å².